The highest BCUT2D eigenvalue weighted by Crippen LogP contribution is 2.18. The van der Waals surface area contributed by atoms with Crippen LogP contribution in [0.2, 0.25) is 5.02 Å². The lowest BCUT2D eigenvalue weighted by molar-refractivity contribution is 0.247. The molecule has 0 aliphatic carbocycles. The topological polar surface area (TPSA) is 28.2 Å². The molecule has 2 rings (SSSR count). The zero-order chi connectivity index (χ0) is 13.7. The molecule has 0 bridgehead atoms. The first-order chi connectivity index (χ1) is 9.15. The highest BCUT2D eigenvalue weighted by Gasteiger charge is 2.19. The molecule has 1 aliphatic rings. The Hall–Kier alpha value is -0.640. The van der Waals surface area contributed by atoms with Crippen LogP contribution in [0.15, 0.2) is 18.5 Å². The van der Waals surface area contributed by atoms with E-state index in [1.807, 2.05) is 12.3 Å². The first-order valence-corrected chi connectivity index (χ1v) is 7.57. The maximum Gasteiger partial charge on any atom is 0.0634 e. The van der Waals surface area contributed by atoms with Crippen molar-refractivity contribution in [1.29, 1.82) is 0 Å². The van der Waals surface area contributed by atoms with Crippen molar-refractivity contribution in [1.82, 2.24) is 15.2 Å². The molecule has 0 aromatic carbocycles. The number of pyridine rings is 1. The number of nitrogens with one attached hydrogen (secondary N) is 1. The number of hydrogen-bond acceptors (Lipinski definition) is 3. The molecule has 1 fully saturated rings. The molecule has 2 heterocycles. The molecule has 0 spiro atoms. The summed E-state index contributed by atoms with van der Waals surface area (Å²) < 4.78 is 0. The Morgan fingerprint density at radius 2 is 2.37 bits per heavy atom. The summed E-state index contributed by atoms with van der Waals surface area (Å²) in [7, 11) is 0. The van der Waals surface area contributed by atoms with E-state index in [2.05, 4.69) is 29.0 Å². The average Bonchev–Trinajstić information content (AvgIpc) is 2.57. The number of nitrogens with zero attached hydrogens (tertiary/aromatic N) is 2. The minimum Gasteiger partial charge on any atom is -0.313 e. The van der Waals surface area contributed by atoms with Crippen molar-refractivity contribution in [3.63, 3.8) is 0 Å². The van der Waals surface area contributed by atoms with Crippen molar-refractivity contribution < 1.29 is 0 Å². The summed E-state index contributed by atoms with van der Waals surface area (Å²) in [5, 5.41) is 4.43. The fraction of sp³-hybridized carbons (Fsp3) is 0.667. The molecule has 1 aromatic rings. The molecule has 106 valence electrons. The van der Waals surface area contributed by atoms with Crippen LogP contribution in [-0.4, -0.2) is 35.6 Å². The fourth-order valence-corrected chi connectivity index (χ4v) is 2.90. The van der Waals surface area contributed by atoms with Crippen LogP contribution >= 0.6 is 11.6 Å². The number of aromatic nitrogens is 1. The second-order valence-corrected chi connectivity index (χ2v) is 6.24. The monoisotopic (exact) mass is 281 g/mol. The minimum absolute atomic E-state index is 0.600. The standard InChI is InChI=1S/C15H24ClN3/c1-12(2)8-14-11-19(7-3-5-18-14)10-13-4-6-17-9-15(13)16/h4,6,9,12,14,18H,3,5,7-8,10-11H2,1-2H3. The van der Waals surface area contributed by atoms with Crippen molar-refractivity contribution in [2.45, 2.75) is 39.3 Å². The lowest BCUT2D eigenvalue weighted by Gasteiger charge is -2.25. The Labute approximate surface area is 121 Å². The fourth-order valence-electron chi connectivity index (χ4n) is 2.72. The van der Waals surface area contributed by atoms with Gasteiger partial charge in [0, 0.05) is 31.5 Å². The van der Waals surface area contributed by atoms with E-state index in [0.29, 0.717) is 6.04 Å². The van der Waals surface area contributed by atoms with Crippen LogP contribution in [0.3, 0.4) is 0 Å². The van der Waals surface area contributed by atoms with E-state index < -0.39 is 0 Å². The van der Waals surface area contributed by atoms with Gasteiger partial charge in [-0.25, -0.2) is 0 Å². The van der Waals surface area contributed by atoms with E-state index in [9.17, 15) is 0 Å². The van der Waals surface area contributed by atoms with E-state index in [0.717, 1.165) is 37.1 Å². The average molecular weight is 282 g/mol. The molecule has 1 N–H and O–H groups in total. The van der Waals surface area contributed by atoms with Crippen LogP contribution in [0.4, 0.5) is 0 Å². The molecular weight excluding hydrogens is 258 g/mol. The Kier molecular flexibility index (Phi) is 5.61. The summed E-state index contributed by atoms with van der Waals surface area (Å²) >= 11 is 6.20. The van der Waals surface area contributed by atoms with Gasteiger partial charge in [-0.1, -0.05) is 25.4 Å². The van der Waals surface area contributed by atoms with Crippen LogP contribution in [0.25, 0.3) is 0 Å². The smallest absolute Gasteiger partial charge is 0.0634 e. The molecule has 19 heavy (non-hydrogen) atoms. The van der Waals surface area contributed by atoms with Gasteiger partial charge in [0.1, 0.15) is 0 Å². The van der Waals surface area contributed by atoms with Crippen molar-refractivity contribution in [2.75, 3.05) is 19.6 Å². The van der Waals surface area contributed by atoms with Crippen LogP contribution < -0.4 is 5.32 Å². The van der Waals surface area contributed by atoms with Gasteiger partial charge in [0.2, 0.25) is 0 Å². The predicted molar refractivity (Wildman–Crippen MR) is 80.4 cm³/mol. The third kappa shape index (κ3) is 4.75. The lowest BCUT2D eigenvalue weighted by atomic mass is 10.0. The minimum atomic E-state index is 0.600. The van der Waals surface area contributed by atoms with Gasteiger partial charge in [-0.15, -0.1) is 0 Å². The molecule has 0 amide bonds. The summed E-state index contributed by atoms with van der Waals surface area (Å²) in [4.78, 5) is 6.56. The van der Waals surface area contributed by atoms with Crippen molar-refractivity contribution in [2.24, 2.45) is 5.92 Å². The van der Waals surface area contributed by atoms with E-state index in [-0.39, 0.29) is 0 Å². The van der Waals surface area contributed by atoms with E-state index in [1.165, 1.54) is 18.4 Å². The SMILES string of the molecule is CC(C)CC1CN(Cc2ccncc2Cl)CCCN1. The second-order valence-electron chi connectivity index (χ2n) is 5.84. The highest BCUT2D eigenvalue weighted by molar-refractivity contribution is 6.31. The Morgan fingerprint density at radius 1 is 1.53 bits per heavy atom. The van der Waals surface area contributed by atoms with Crippen molar-refractivity contribution >= 4 is 11.6 Å². The van der Waals surface area contributed by atoms with Gasteiger partial charge >= 0.3 is 0 Å². The van der Waals surface area contributed by atoms with Gasteiger partial charge in [0.25, 0.3) is 0 Å². The maximum absolute atomic E-state index is 6.20. The lowest BCUT2D eigenvalue weighted by Crippen LogP contribution is -2.38. The van der Waals surface area contributed by atoms with Gasteiger partial charge in [0.15, 0.2) is 0 Å². The first kappa shape index (κ1) is 14.8. The van der Waals surface area contributed by atoms with E-state index in [1.54, 1.807) is 6.20 Å². The largest absolute Gasteiger partial charge is 0.313 e. The Morgan fingerprint density at radius 3 is 3.11 bits per heavy atom. The Balaban J connectivity index is 1.97. The summed E-state index contributed by atoms with van der Waals surface area (Å²) in [6.45, 7) is 8.87. The van der Waals surface area contributed by atoms with E-state index in [4.69, 9.17) is 11.6 Å². The quantitative estimate of drug-likeness (QED) is 0.920. The molecular formula is C15H24ClN3. The predicted octanol–water partition coefficient (Wildman–Crippen LogP) is 2.95. The van der Waals surface area contributed by atoms with Crippen molar-refractivity contribution in [3.8, 4) is 0 Å². The Bertz CT molecular complexity index is 395. The van der Waals surface area contributed by atoms with E-state index >= 15 is 0 Å². The number of hydrogen-bond donors (Lipinski definition) is 1. The van der Waals surface area contributed by atoms with Crippen LogP contribution in [-0.2, 0) is 6.54 Å². The molecule has 4 heteroatoms. The van der Waals surface area contributed by atoms with Crippen LogP contribution in [0.1, 0.15) is 32.3 Å². The van der Waals surface area contributed by atoms with Crippen molar-refractivity contribution in [3.05, 3.63) is 29.0 Å². The molecule has 3 nitrogen and oxygen atoms in total. The summed E-state index contributed by atoms with van der Waals surface area (Å²) in [6.07, 6.45) is 6.00. The molecule has 1 atom stereocenters. The van der Waals surface area contributed by atoms with Gasteiger partial charge in [0.05, 0.1) is 5.02 Å². The molecule has 1 aliphatic heterocycles. The summed E-state index contributed by atoms with van der Waals surface area (Å²) in [6, 6.07) is 2.63. The normalized spacial score (nSPS) is 21.6. The van der Waals surface area contributed by atoms with Gasteiger partial charge in [-0.3, -0.25) is 9.88 Å². The highest BCUT2D eigenvalue weighted by atomic mass is 35.5. The molecule has 1 aromatic heterocycles. The maximum atomic E-state index is 6.20. The van der Waals surface area contributed by atoms with Crippen LogP contribution in [0.5, 0.6) is 0 Å². The third-order valence-corrected chi connectivity index (χ3v) is 3.91. The summed E-state index contributed by atoms with van der Waals surface area (Å²) in [5.41, 5.74) is 1.18. The van der Waals surface area contributed by atoms with Gasteiger partial charge in [-0.05, 0) is 43.5 Å². The molecule has 1 saturated heterocycles. The first-order valence-electron chi connectivity index (χ1n) is 7.19. The van der Waals surface area contributed by atoms with Crippen LogP contribution in [0, 0.1) is 5.92 Å². The number of rotatable bonds is 4. The van der Waals surface area contributed by atoms with Gasteiger partial charge in [-0.2, -0.15) is 0 Å². The van der Waals surface area contributed by atoms with Gasteiger partial charge < -0.3 is 5.32 Å². The zero-order valence-corrected chi connectivity index (χ0v) is 12.7. The number of halogens is 1. The second kappa shape index (κ2) is 7.22. The zero-order valence-electron chi connectivity index (χ0n) is 11.9. The molecule has 0 saturated carbocycles. The molecule has 1 unspecified atom stereocenters. The third-order valence-electron chi connectivity index (χ3n) is 3.57. The summed E-state index contributed by atoms with van der Waals surface area (Å²) in [5.74, 6) is 0.738. The molecule has 0 radical (unpaired) electrons.